The summed E-state index contributed by atoms with van der Waals surface area (Å²) in [5, 5.41) is 11.2. The average molecular weight is 406 g/mol. The number of aliphatic carboxylic acids is 1. The molecule has 1 rings (SSSR count). The highest BCUT2D eigenvalue weighted by Gasteiger charge is 2.15. The number of nitrogens with zero attached hydrogens (tertiary/aromatic N) is 1. The number of carboxylic acids is 1. The highest BCUT2D eigenvalue weighted by molar-refractivity contribution is 5.94. The second-order valence-corrected chi connectivity index (χ2v) is 7.74. The molecule has 0 fully saturated rings. The molecule has 0 bridgehead atoms. The van der Waals surface area contributed by atoms with E-state index in [1.807, 2.05) is 24.3 Å². The molecule has 1 aromatic carbocycles. The van der Waals surface area contributed by atoms with Crippen LogP contribution in [0.1, 0.15) is 29.8 Å². The Labute approximate surface area is 173 Å². The second kappa shape index (κ2) is 12.9. The zero-order chi connectivity index (χ0) is 21.7. The number of hydrogen-bond donors (Lipinski definition) is 2. The Hall–Kier alpha value is -2.40. The average Bonchev–Trinajstić information content (AvgIpc) is 2.63. The van der Waals surface area contributed by atoms with E-state index in [9.17, 15) is 9.59 Å². The molecule has 0 aliphatic carbocycles. The summed E-state index contributed by atoms with van der Waals surface area (Å²) in [5.41, 5.74) is 1.76. The van der Waals surface area contributed by atoms with Gasteiger partial charge in [-0.25, -0.2) is 4.79 Å². The van der Waals surface area contributed by atoms with Crippen molar-refractivity contribution in [1.29, 1.82) is 0 Å². The Morgan fingerprint density at radius 2 is 1.76 bits per heavy atom. The molecule has 0 saturated carbocycles. The van der Waals surface area contributed by atoms with Crippen LogP contribution in [0.3, 0.4) is 0 Å². The largest absolute Gasteiger partial charge is 0.480 e. The molecule has 0 aliphatic heterocycles. The normalized spacial score (nSPS) is 11.1. The molecule has 0 radical (unpaired) electrons. The lowest BCUT2D eigenvalue weighted by Crippen LogP contribution is -2.39. The van der Waals surface area contributed by atoms with Crippen LogP contribution in [0.25, 0.3) is 0 Å². The summed E-state index contributed by atoms with van der Waals surface area (Å²) in [6.07, 6.45) is 0. The summed E-state index contributed by atoms with van der Waals surface area (Å²) < 4.78 is 10.9. The summed E-state index contributed by atoms with van der Waals surface area (Å²) >= 11 is 0. The van der Waals surface area contributed by atoms with Crippen molar-refractivity contribution in [1.82, 2.24) is 5.32 Å². The van der Waals surface area contributed by atoms with Gasteiger partial charge >= 0.3 is 5.97 Å². The van der Waals surface area contributed by atoms with Crippen molar-refractivity contribution >= 4 is 11.9 Å². The van der Waals surface area contributed by atoms with Crippen LogP contribution < -0.4 is 5.32 Å². The molecule has 7 nitrogen and oxygen atoms in total. The summed E-state index contributed by atoms with van der Waals surface area (Å²) in [5.74, 6) is 5.65. The monoisotopic (exact) mass is 405 g/mol. The molecular formula is C22H33N2O5+. The molecule has 0 heterocycles. The van der Waals surface area contributed by atoms with Gasteiger partial charge < -0.3 is 24.4 Å². The number of nitrogens with one attached hydrogen (secondary N) is 1. The van der Waals surface area contributed by atoms with Gasteiger partial charge in [0, 0.05) is 23.6 Å². The maximum Gasteiger partial charge on any atom is 0.329 e. The highest BCUT2D eigenvalue weighted by Crippen LogP contribution is 2.11. The van der Waals surface area contributed by atoms with Gasteiger partial charge in [0.05, 0.1) is 33.9 Å². The first-order valence-corrected chi connectivity index (χ1v) is 9.74. The minimum absolute atomic E-state index is 0.154. The van der Waals surface area contributed by atoms with Crippen molar-refractivity contribution < 1.29 is 28.7 Å². The van der Waals surface area contributed by atoms with Crippen LogP contribution >= 0.6 is 0 Å². The van der Waals surface area contributed by atoms with E-state index in [4.69, 9.17) is 14.6 Å². The molecule has 160 valence electrons. The van der Waals surface area contributed by atoms with E-state index in [0.717, 1.165) is 23.1 Å². The third kappa shape index (κ3) is 11.9. The molecule has 0 aromatic heterocycles. The van der Waals surface area contributed by atoms with Gasteiger partial charge in [-0.05, 0) is 18.1 Å². The third-order valence-corrected chi connectivity index (χ3v) is 3.85. The fourth-order valence-corrected chi connectivity index (χ4v) is 2.49. The number of carbonyl (C=O) groups is 2. The second-order valence-electron chi connectivity index (χ2n) is 7.74. The number of quaternary nitrogens is 1. The fourth-order valence-electron chi connectivity index (χ4n) is 2.49. The van der Waals surface area contributed by atoms with Gasteiger partial charge in [-0.3, -0.25) is 4.79 Å². The molecule has 0 unspecified atom stereocenters. The highest BCUT2D eigenvalue weighted by atomic mass is 16.5. The Morgan fingerprint density at radius 3 is 2.38 bits per heavy atom. The van der Waals surface area contributed by atoms with E-state index in [2.05, 4.69) is 45.1 Å². The van der Waals surface area contributed by atoms with Crippen molar-refractivity contribution in [3.05, 3.63) is 35.4 Å². The summed E-state index contributed by atoms with van der Waals surface area (Å²) in [6, 6.07) is 7.60. The van der Waals surface area contributed by atoms with Crippen LogP contribution in [0.4, 0.5) is 0 Å². The van der Waals surface area contributed by atoms with E-state index < -0.39 is 5.97 Å². The van der Waals surface area contributed by atoms with Crippen LogP contribution in [0, 0.1) is 17.8 Å². The van der Waals surface area contributed by atoms with Crippen molar-refractivity contribution in [2.75, 3.05) is 53.6 Å². The zero-order valence-electron chi connectivity index (χ0n) is 17.9. The number of amides is 1. The van der Waals surface area contributed by atoms with E-state index in [1.165, 1.54) is 0 Å². The van der Waals surface area contributed by atoms with Gasteiger partial charge in [-0.15, -0.1) is 0 Å². The number of carbonyl (C=O) groups excluding carboxylic acids is 1. The summed E-state index contributed by atoms with van der Waals surface area (Å²) in [6.45, 7) is 6.65. The number of hydrogen-bond acceptors (Lipinski definition) is 4. The minimum Gasteiger partial charge on any atom is -0.480 e. The third-order valence-electron chi connectivity index (χ3n) is 3.85. The van der Waals surface area contributed by atoms with Crippen LogP contribution in [-0.2, 0) is 20.8 Å². The van der Waals surface area contributed by atoms with Crippen molar-refractivity contribution in [2.45, 2.75) is 20.4 Å². The van der Waals surface area contributed by atoms with Gasteiger partial charge in [0.2, 0.25) is 0 Å². The molecular weight excluding hydrogens is 372 g/mol. The molecule has 0 atom stereocenters. The van der Waals surface area contributed by atoms with Gasteiger partial charge in [0.25, 0.3) is 5.91 Å². The van der Waals surface area contributed by atoms with Crippen LogP contribution in [-0.4, -0.2) is 75.1 Å². The molecule has 0 aliphatic rings. The molecule has 7 heteroatoms. The summed E-state index contributed by atoms with van der Waals surface area (Å²) in [4.78, 5) is 22.5. The summed E-state index contributed by atoms with van der Waals surface area (Å²) in [7, 11) is 4.28. The maximum atomic E-state index is 12.2. The number of benzene rings is 1. The molecule has 0 saturated heterocycles. The lowest BCUT2D eigenvalue weighted by atomic mass is 10.1. The van der Waals surface area contributed by atoms with Crippen LogP contribution in [0.2, 0.25) is 0 Å². The van der Waals surface area contributed by atoms with Gasteiger partial charge in [0.15, 0.2) is 0 Å². The van der Waals surface area contributed by atoms with E-state index in [1.54, 1.807) is 0 Å². The van der Waals surface area contributed by atoms with E-state index >= 15 is 0 Å². The van der Waals surface area contributed by atoms with Crippen molar-refractivity contribution in [2.24, 2.45) is 5.92 Å². The molecule has 29 heavy (non-hydrogen) atoms. The molecule has 0 spiro atoms. The number of rotatable bonds is 12. The number of carboxylic acid groups (broad SMARTS) is 1. The first kappa shape index (κ1) is 24.6. The van der Waals surface area contributed by atoms with Gasteiger partial charge in [-0.1, -0.05) is 31.9 Å². The Balaban J connectivity index is 2.33. The van der Waals surface area contributed by atoms with Crippen molar-refractivity contribution in [3.63, 3.8) is 0 Å². The molecule has 1 aromatic rings. The lowest BCUT2D eigenvalue weighted by Gasteiger charge is -2.27. The predicted octanol–water partition coefficient (Wildman–Crippen LogP) is 1.77. The predicted molar refractivity (Wildman–Crippen MR) is 111 cm³/mol. The SMILES string of the molecule is CC(C)C#CC[N+](C)(C)Cc1ccc(C(=O)NCCOCCOCC(=O)O)cc1. The Bertz CT molecular complexity index is 702. The molecule has 1 amide bonds. The van der Waals surface area contributed by atoms with Crippen LogP contribution in [0.15, 0.2) is 24.3 Å². The van der Waals surface area contributed by atoms with Gasteiger partial charge in [-0.2, -0.15) is 0 Å². The smallest absolute Gasteiger partial charge is 0.329 e. The quantitative estimate of drug-likeness (QED) is 0.315. The van der Waals surface area contributed by atoms with Gasteiger partial charge in [0.1, 0.15) is 19.7 Å². The van der Waals surface area contributed by atoms with Crippen LogP contribution in [0.5, 0.6) is 0 Å². The Morgan fingerprint density at radius 1 is 1.10 bits per heavy atom. The fraction of sp³-hybridized carbons (Fsp3) is 0.545. The lowest BCUT2D eigenvalue weighted by molar-refractivity contribution is -0.896. The maximum absolute atomic E-state index is 12.2. The molecule has 2 N–H and O–H groups in total. The van der Waals surface area contributed by atoms with E-state index in [0.29, 0.717) is 24.6 Å². The van der Waals surface area contributed by atoms with E-state index in [-0.39, 0.29) is 25.7 Å². The Kier molecular flexibility index (Phi) is 11.0. The standard InChI is InChI=1S/C22H32N2O5/c1-18(2)6-5-12-24(3,4)16-19-7-9-20(10-8-19)22(27)23-11-13-28-14-15-29-17-21(25)26/h7-10,18H,11-17H2,1-4H3,(H-,23,25,26,27)/p+1. The first-order chi connectivity index (χ1) is 13.7. The first-order valence-electron chi connectivity index (χ1n) is 9.74. The topological polar surface area (TPSA) is 84.9 Å². The van der Waals surface area contributed by atoms with Crippen molar-refractivity contribution in [3.8, 4) is 11.8 Å². The zero-order valence-corrected chi connectivity index (χ0v) is 17.9. The number of ether oxygens (including phenoxy) is 2. The minimum atomic E-state index is -1.01.